The first-order valence-electron chi connectivity index (χ1n) is 9.36. The van der Waals surface area contributed by atoms with Crippen LogP contribution in [0.25, 0.3) is 27.6 Å². The van der Waals surface area contributed by atoms with Crippen molar-refractivity contribution in [3.05, 3.63) is 70.8 Å². The number of rotatable bonds is 4. The van der Waals surface area contributed by atoms with Gasteiger partial charge >= 0.3 is 0 Å². The molecule has 1 unspecified atom stereocenters. The number of hydrogen-bond donors (Lipinski definition) is 2. The van der Waals surface area contributed by atoms with Gasteiger partial charge < -0.3 is 10.8 Å². The summed E-state index contributed by atoms with van der Waals surface area (Å²) in [6, 6.07) is 10.2. The van der Waals surface area contributed by atoms with E-state index < -0.39 is 6.23 Å². The molecule has 0 saturated carbocycles. The van der Waals surface area contributed by atoms with E-state index in [1.54, 1.807) is 17.5 Å². The van der Waals surface area contributed by atoms with Crippen molar-refractivity contribution in [3.63, 3.8) is 0 Å². The normalized spacial score (nSPS) is 16.4. The molecule has 0 aliphatic carbocycles. The average molecular weight is 404 g/mol. The van der Waals surface area contributed by atoms with Gasteiger partial charge in [0.25, 0.3) is 0 Å². The molecular formula is C22H21N5OS. The average Bonchev–Trinajstić information content (AvgIpc) is 3.44. The molecule has 1 aliphatic heterocycles. The maximum absolute atomic E-state index is 11.0. The highest BCUT2D eigenvalue weighted by atomic mass is 32.1. The van der Waals surface area contributed by atoms with Crippen molar-refractivity contribution in [2.75, 3.05) is 12.3 Å². The number of aryl methyl sites for hydroxylation is 1. The van der Waals surface area contributed by atoms with Gasteiger partial charge in [0.1, 0.15) is 11.2 Å². The van der Waals surface area contributed by atoms with E-state index >= 15 is 0 Å². The van der Waals surface area contributed by atoms with Crippen molar-refractivity contribution in [1.29, 1.82) is 0 Å². The number of nitrogens with two attached hydrogens (primary N) is 1. The first kappa shape index (κ1) is 18.1. The summed E-state index contributed by atoms with van der Waals surface area (Å²) in [5, 5.41) is 19.3. The van der Waals surface area contributed by atoms with Gasteiger partial charge in [0.2, 0.25) is 0 Å². The number of nitrogens with zero attached hydrogens (tertiary/aromatic N) is 4. The van der Waals surface area contributed by atoms with Crippen molar-refractivity contribution in [2.24, 2.45) is 7.05 Å². The maximum Gasteiger partial charge on any atom is 0.136 e. The number of benzene rings is 2. The molecule has 2 aromatic heterocycles. The molecule has 0 bridgehead atoms. The van der Waals surface area contributed by atoms with E-state index in [0.29, 0.717) is 18.8 Å². The van der Waals surface area contributed by atoms with Crippen LogP contribution in [0.4, 0.5) is 5.69 Å². The van der Waals surface area contributed by atoms with Gasteiger partial charge in [-0.05, 0) is 34.4 Å². The minimum Gasteiger partial charge on any atom is -0.398 e. The summed E-state index contributed by atoms with van der Waals surface area (Å²) in [5.74, 6) is 0. The molecular weight excluding hydrogens is 382 g/mol. The molecule has 7 heteroatoms. The van der Waals surface area contributed by atoms with Crippen LogP contribution in [-0.4, -0.2) is 31.3 Å². The molecule has 0 radical (unpaired) electrons. The van der Waals surface area contributed by atoms with E-state index in [0.717, 1.165) is 43.7 Å². The van der Waals surface area contributed by atoms with Crippen LogP contribution in [0.1, 0.15) is 22.4 Å². The van der Waals surface area contributed by atoms with Crippen LogP contribution in [0, 0.1) is 0 Å². The number of anilines is 1. The second-order valence-corrected chi connectivity index (χ2v) is 8.25. The van der Waals surface area contributed by atoms with E-state index in [9.17, 15) is 5.11 Å². The quantitative estimate of drug-likeness (QED) is 0.507. The summed E-state index contributed by atoms with van der Waals surface area (Å²) in [7, 11) is 1.94. The summed E-state index contributed by atoms with van der Waals surface area (Å²) in [6.07, 6.45) is 2.87. The summed E-state index contributed by atoms with van der Waals surface area (Å²) in [5.41, 5.74) is 12.9. The lowest BCUT2D eigenvalue weighted by molar-refractivity contribution is 0.0244. The molecule has 0 fully saturated rings. The van der Waals surface area contributed by atoms with E-state index in [2.05, 4.69) is 34.9 Å². The largest absolute Gasteiger partial charge is 0.398 e. The Balaban J connectivity index is 1.53. The molecule has 146 valence electrons. The molecule has 6 nitrogen and oxygen atoms in total. The molecule has 1 aliphatic rings. The number of aliphatic hydroxyl groups is 1. The zero-order valence-electron chi connectivity index (χ0n) is 16.0. The summed E-state index contributed by atoms with van der Waals surface area (Å²) < 4.78 is 1.87. The highest BCUT2D eigenvalue weighted by Crippen LogP contribution is 2.42. The minimum absolute atomic E-state index is 0.531. The smallest absolute Gasteiger partial charge is 0.136 e. The van der Waals surface area contributed by atoms with Crippen LogP contribution in [-0.2, 0) is 13.6 Å². The van der Waals surface area contributed by atoms with Crippen LogP contribution in [0.3, 0.4) is 0 Å². The molecule has 4 aromatic rings. The van der Waals surface area contributed by atoms with Crippen LogP contribution in [0.15, 0.2) is 54.7 Å². The predicted molar refractivity (Wildman–Crippen MR) is 117 cm³/mol. The third-order valence-corrected chi connectivity index (χ3v) is 6.42. The maximum atomic E-state index is 11.0. The second-order valence-electron chi connectivity index (χ2n) is 7.36. The molecule has 1 atom stereocenters. The molecule has 0 amide bonds. The number of thiazole rings is 1. The first-order valence-corrected chi connectivity index (χ1v) is 10.2. The van der Waals surface area contributed by atoms with Gasteiger partial charge in [-0.3, -0.25) is 9.58 Å². The van der Waals surface area contributed by atoms with Crippen molar-refractivity contribution in [3.8, 4) is 11.1 Å². The van der Waals surface area contributed by atoms with Crippen molar-refractivity contribution in [2.45, 2.75) is 12.8 Å². The lowest BCUT2D eigenvalue weighted by atomic mass is 9.95. The molecule has 0 saturated heterocycles. The summed E-state index contributed by atoms with van der Waals surface area (Å²) in [4.78, 5) is 6.31. The molecule has 3 N–H and O–H groups in total. The molecule has 5 rings (SSSR count). The Morgan fingerprint density at radius 2 is 2.21 bits per heavy atom. The SMILES string of the molecule is C=C(CN1Cc2c(-c3ccc4cnn(C)c4c3)ccc(N)c2C1O)c1nccs1. The van der Waals surface area contributed by atoms with Gasteiger partial charge in [0.05, 0.1) is 11.7 Å². The number of nitrogen functional groups attached to an aromatic ring is 1. The minimum atomic E-state index is -0.762. The second kappa shape index (κ2) is 6.81. The summed E-state index contributed by atoms with van der Waals surface area (Å²) in [6.45, 7) is 5.29. The number of aromatic nitrogens is 3. The number of hydrogen-bond acceptors (Lipinski definition) is 6. The van der Waals surface area contributed by atoms with E-state index in [-0.39, 0.29) is 0 Å². The van der Waals surface area contributed by atoms with Gasteiger partial charge in [-0.1, -0.05) is 24.8 Å². The lowest BCUT2D eigenvalue weighted by Crippen LogP contribution is -2.24. The highest BCUT2D eigenvalue weighted by molar-refractivity contribution is 7.10. The third kappa shape index (κ3) is 2.95. The van der Waals surface area contributed by atoms with Gasteiger partial charge in [-0.15, -0.1) is 11.3 Å². The Bertz CT molecular complexity index is 1230. The van der Waals surface area contributed by atoms with E-state index in [1.165, 1.54) is 0 Å². The standard InChI is InChI=1S/C22H21N5OS/c1-13(21-24-7-8-29-21)11-27-12-17-16(5-6-18(23)20(17)22(27)28)14-3-4-15-10-25-26(2)19(15)9-14/h3-10,22,28H,1,11-12,23H2,2H3. The van der Waals surface area contributed by atoms with Crippen molar-refractivity contribution < 1.29 is 5.11 Å². The van der Waals surface area contributed by atoms with Gasteiger partial charge in [-0.25, -0.2) is 4.98 Å². The van der Waals surface area contributed by atoms with E-state index in [1.807, 2.05) is 40.3 Å². The fourth-order valence-electron chi connectivity index (χ4n) is 4.07. The Kier molecular flexibility index (Phi) is 4.24. The summed E-state index contributed by atoms with van der Waals surface area (Å²) >= 11 is 1.55. The fraction of sp³-hybridized carbons (Fsp3) is 0.182. The fourth-order valence-corrected chi connectivity index (χ4v) is 4.67. The van der Waals surface area contributed by atoms with Gasteiger partial charge in [-0.2, -0.15) is 5.10 Å². The molecule has 3 heterocycles. The zero-order valence-corrected chi connectivity index (χ0v) is 16.9. The Morgan fingerprint density at radius 3 is 3.00 bits per heavy atom. The van der Waals surface area contributed by atoms with Gasteiger partial charge in [0, 0.05) is 48.4 Å². The zero-order chi connectivity index (χ0) is 20.1. The number of fused-ring (bicyclic) bond motifs is 2. The monoisotopic (exact) mass is 403 g/mol. The Hall–Kier alpha value is -3.00. The van der Waals surface area contributed by atoms with Crippen LogP contribution in [0.5, 0.6) is 0 Å². The van der Waals surface area contributed by atoms with Crippen LogP contribution >= 0.6 is 11.3 Å². The molecule has 0 spiro atoms. The van der Waals surface area contributed by atoms with E-state index in [4.69, 9.17) is 5.73 Å². The van der Waals surface area contributed by atoms with Crippen molar-refractivity contribution in [1.82, 2.24) is 19.7 Å². The predicted octanol–water partition coefficient (Wildman–Crippen LogP) is 3.80. The van der Waals surface area contributed by atoms with Crippen LogP contribution < -0.4 is 5.73 Å². The van der Waals surface area contributed by atoms with Crippen molar-refractivity contribution >= 4 is 33.5 Å². The third-order valence-electron chi connectivity index (χ3n) is 5.54. The Morgan fingerprint density at radius 1 is 1.34 bits per heavy atom. The van der Waals surface area contributed by atoms with Gasteiger partial charge in [0.15, 0.2) is 0 Å². The number of aliphatic hydroxyl groups excluding tert-OH is 1. The van der Waals surface area contributed by atoms with Crippen LogP contribution in [0.2, 0.25) is 0 Å². The molecule has 29 heavy (non-hydrogen) atoms. The molecule has 2 aromatic carbocycles. The Labute approximate surface area is 172 Å². The topological polar surface area (TPSA) is 80.2 Å². The lowest BCUT2D eigenvalue weighted by Gasteiger charge is -2.21. The first-order chi connectivity index (χ1) is 14.0. The highest BCUT2D eigenvalue weighted by Gasteiger charge is 2.33.